The first-order valence-corrected chi connectivity index (χ1v) is 13.6. The lowest BCUT2D eigenvalue weighted by molar-refractivity contribution is -0.119. The predicted octanol–water partition coefficient (Wildman–Crippen LogP) is 3.64. The molecule has 3 aromatic rings. The maximum Gasteiger partial charge on any atom is 0.337 e. The maximum absolute atomic E-state index is 13.6. The largest absolute Gasteiger partial charge is 0.465 e. The van der Waals surface area contributed by atoms with E-state index >= 15 is 0 Å². The van der Waals surface area contributed by atoms with E-state index in [0.717, 1.165) is 48.7 Å². The van der Waals surface area contributed by atoms with E-state index in [9.17, 15) is 14.4 Å². The van der Waals surface area contributed by atoms with Gasteiger partial charge in [-0.2, -0.15) is 0 Å². The molecule has 1 fully saturated rings. The summed E-state index contributed by atoms with van der Waals surface area (Å²) in [4.78, 5) is 46.4. The second-order valence-corrected chi connectivity index (χ2v) is 10.4. The predicted molar refractivity (Wildman–Crippen MR) is 162 cm³/mol. The Morgan fingerprint density at radius 1 is 0.902 bits per heavy atom. The number of likely N-dealkylation sites (N-methyl/N-ethyl adjacent to an activating group) is 3. The Balaban J connectivity index is 1.42. The van der Waals surface area contributed by atoms with Crippen molar-refractivity contribution >= 4 is 46.1 Å². The molecule has 0 spiro atoms. The van der Waals surface area contributed by atoms with Gasteiger partial charge in [0.2, 0.25) is 5.91 Å². The van der Waals surface area contributed by atoms with E-state index in [1.165, 1.54) is 7.11 Å². The molecule has 212 valence electrons. The van der Waals surface area contributed by atoms with Crippen LogP contribution < -0.4 is 15.1 Å². The molecule has 2 aliphatic rings. The number of benzene rings is 3. The number of hydrogen-bond acceptors (Lipinski definition) is 7. The Hall–Kier alpha value is -4.47. The number of carbonyl (C=O) groups excluding carboxylic acids is 3. The molecular weight excluding hydrogens is 518 g/mol. The van der Waals surface area contributed by atoms with E-state index in [-0.39, 0.29) is 11.8 Å². The van der Waals surface area contributed by atoms with Gasteiger partial charge < -0.3 is 24.8 Å². The minimum Gasteiger partial charge on any atom is -0.465 e. The Labute approximate surface area is 240 Å². The van der Waals surface area contributed by atoms with Crippen molar-refractivity contribution in [3.05, 3.63) is 89.5 Å². The Bertz CT molecular complexity index is 1480. The topological polar surface area (TPSA) is 85.4 Å². The zero-order valence-electron chi connectivity index (χ0n) is 23.9. The van der Waals surface area contributed by atoms with Crippen LogP contribution >= 0.6 is 0 Å². The van der Waals surface area contributed by atoms with Gasteiger partial charge in [0.25, 0.3) is 5.91 Å². The van der Waals surface area contributed by atoms with Crippen LogP contribution in [0.25, 0.3) is 11.3 Å². The summed E-state index contributed by atoms with van der Waals surface area (Å²) < 4.78 is 4.87. The van der Waals surface area contributed by atoms with Crippen LogP contribution in [0.3, 0.4) is 0 Å². The summed E-state index contributed by atoms with van der Waals surface area (Å²) in [6.07, 6.45) is 0. The summed E-state index contributed by atoms with van der Waals surface area (Å²) >= 11 is 0. The zero-order valence-corrected chi connectivity index (χ0v) is 23.9. The lowest BCUT2D eigenvalue weighted by Gasteiger charge is -2.32. The molecule has 0 radical (unpaired) electrons. The molecule has 0 bridgehead atoms. The zero-order chi connectivity index (χ0) is 29.1. The molecule has 0 aliphatic carbocycles. The molecule has 0 atom stereocenters. The van der Waals surface area contributed by atoms with Crippen LogP contribution in [-0.4, -0.2) is 88.6 Å². The van der Waals surface area contributed by atoms with E-state index in [1.54, 1.807) is 42.1 Å². The van der Waals surface area contributed by atoms with Crippen molar-refractivity contribution in [2.45, 2.75) is 0 Å². The van der Waals surface area contributed by atoms with Crippen molar-refractivity contribution in [3.63, 3.8) is 0 Å². The minimum atomic E-state index is -0.459. The number of carbonyl (C=O) groups is 3. The third-order valence-corrected chi connectivity index (χ3v) is 7.73. The van der Waals surface area contributed by atoms with E-state index in [1.807, 2.05) is 54.6 Å². The first kappa shape index (κ1) is 28.1. The van der Waals surface area contributed by atoms with Gasteiger partial charge in [-0.25, -0.2) is 4.79 Å². The number of amides is 2. The average molecular weight is 554 g/mol. The average Bonchev–Trinajstić information content (AvgIpc) is 3.25. The Kier molecular flexibility index (Phi) is 8.19. The molecular formula is C32H35N5O4. The first-order valence-electron chi connectivity index (χ1n) is 13.6. The number of hydrogen-bond donors (Lipinski definition) is 1. The lowest BCUT2D eigenvalue weighted by Crippen LogP contribution is -2.48. The van der Waals surface area contributed by atoms with Crippen LogP contribution in [0.5, 0.6) is 0 Å². The summed E-state index contributed by atoms with van der Waals surface area (Å²) in [5.74, 6) is -0.594. The van der Waals surface area contributed by atoms with E-state index < -0.39 is 5.97 Å². The third kappa shape index (κ3) is 5.86. The summed E-state index contributed by atoms with van der Waals surface area (Å²) in [7, 11) is 6.92. The fourth-order valence-electron chi connectivity index (χ4n) is 5.14. The van der Waals surface area contributed by atoms with Gasteiger partial charge >= 0.3 is 5.97 Å². The van der Waals surface area contributed by atoms with E-state index in [0.29, 0.717) is 29.1 Å². The molecule has 9 nitrogen and oxygen atoms in total. The third-order valence-electron chi connectivity index (χ3n) is 7.73. The van der Waals surface area contributed by atoms with Crippen LogP contribution in [-0.2, 0) is 14.3 Å². The summed E-state index contributed by atoms with van der Waals surface area (Å²) in [5.41, 5.74) is 5.31. The summed E-state index contributed by atoms with van der Waals surface area (Å²) in [6, 6.07) is 22.4. The number of nitrogens with one attached hydrogen (secondary N) is 1. The first-order chi connectivity index (χ1) is 19.8. The molecule has 2 amide bonds. The molecule has 0 aromatic heterocycles. The highest BCUT2D eigenvalue weighted by Gasteiger charge is 2.34. The molecule has 1 N–H and O–H groups in total. The highest BCUT2D eigenvalue weighted by molar-refractivity contribution is 6.38. The molecule has 2 heterocycles. The van der Waals surface area contributed by atoms with Crippen molar-refractivity contribution in [2.75, 3.05) is 76.1 Å². The number of anilines is 3. The second-order valence-electron chi connectivity index (χ2n) is 10.4. The van der Waals surface area contributed by atoms with E-state index in [2.05, 4.69) is 22.2 Å². The molecule has 41 heavy (non-hydrogen) atoms. The second kappa shape index (κ2) is 12.0. The Morgan fingerprint density at radius 2 is 1.59 bits per heavy atom. The van der Waals surface area contributed by atoms with Gasteiger partial charge in [0, 0.05) is 57.2 Å². The van der Waals surface area contributed by atoms with Gasteiger partial charge in [0.1, 0.15) is 0 Å². The number of ether oxygens (including phenoxy) is 1. The monoisotopic (exact) mass is 553 g/mol. The summed E-state index contributed by atoms with van der Waals surface area (Å²) in [6.45, 7) is 4.09. The van der Waals surface area contributed by atoms with Gasteiger partial charge in [-0.3, -0.25) is 14.5 Å². The van der Waals surface area contributed by atoms with Crippen LogP contribution in [0.2, 0.25) is 0 Å². The fraction of sp³-hybridized carbons (Fsp3) is 0.281. The number of methoxy groups -OCH3 is 1. The standard InChI is InChI=1S/C32H35N5O4/c1-34-16-18-37(19-17-34)21-28(38)35(2)25-13-11-24(12-14-25)33-30(22-8-6-5-7-9-22)29-26-15-10-23(32(40)41-4)20-27(26)36(3)31(29)39/h5-15,20,33H,16-19,21H2,1-4H3/b30-29-. The van der Waals surface area contributed by atoms with E-state index in [4.69, 9.17) is 4.74 Å². The maximum atomic E-state index is 13.6. The molecule has 0 unspecified atom stereocenters. The number of piperazine rings is 1. The van der Waals surface area contributed by atoms with Crippen LogP contribution in [0.15, 0.2) is 72.8 Å². The van der Waals surface area contributed by atoms with Crippen LogP contribution in [0, 0.1) is 0 Å². The normalized spacial score (nSPS) is 16.8. The smallest absolute Gasteiger partial charge is 0.337 e. The van der Waals surface area contributed by atoms with Gasteiger partial charge in [-0.15, -0.1) is 0 Å². The Morgan fingerprint density at radius 3 is 2.24 bits per heavy atom. The lowest BCUT2D eigenvalue weighted by atomic mass is 9.99. The van der Waals surface area contributed by atoms with Crippen molar-refractivity contribution in [2.24, 2.45) is 0 Å². The van der Waals surface area contributed by atoms with Crippen molar-refractivity contribution in [1.29, 1.82) is 0 Å². The van der Waals surface area contributed by atoms with Gasteiger partial charge in [-0.1, -0.05) is 36.4 Å². The number of rotatable bonds is 7. The highest BCUT2D eigenvalue weighted by Crippen LogP contribution is 2.41. The minimum absolute atomic E-state index is 0.0462. The highest BCUT2D eigenvalue weighted by atomic mass is 16.5. The molecule has 3 aromatic carbocycles. The number of esters is 1. The van der Waals surface area contributed by atoms with Crippen LogP contribution in [0.1, 0.15) is 21.5 Å². The number of nitrogens with zero attached hydrogens (tertiary/aromatic N) is 4. The molecule has 1 saturated heterocycles. The summed E-state index contributed by atoms with van der Waals surface area (Å²) in [5, 5.41) is 3.47. The van der Waals surface area contributed by atoms with Gasteiger partial charge in [-0.05, 0) is 49.0 Å². The van der Waals surface area contributed by atoms with Crippen molar-refractivity contribution in [1.82, 2.24) is 9.80 Å². The van der Waals surface area contributed by atoms with Crippen LogP contribution in [0.4, 0.5) is 17.1 Å². The van der Waals surface area contributed by atoms with Crippen molar-refractivity contribution < 1.29 is 19.1 Å². The fourth-order valence-corrected chi connectivity index (χ4v) is 5.14. The SMILES string of the molecule is COC(=O)c1ccc2c(c1)N(C)C(=O)/C2=C(\Nc1ccc(N(C)C(=O)CN2CCN(C)CC2)cc1)c1ccccc1. The molecule has 2 aliphatic heterocycles. The van der Waals surface area contributed by atoms with Gasteiger partial charge in [0.05, 0.1) is 36.2 Å². The van der Waals surface area contributed by atoms with Crippen molar-refractivity contribution in [3.8, 4) is 0 Å². The number of fused-ring (bicyclic) bond motifs is 1. The quantitative estimate of drug-likeness (QED) is 0.353. The van der Waals surface area contributed by atoms with Gasteiger partial charge in [0.15, 0.2) is 0 Å². The molecule has 5 rings (SSSR count). The molecule has 0 saturated carbocycles. The molecule has 9 heteroatoms.